The fourth-order valence-electron chi connectivity index (χ4n) is 1.86. The summed E-state index contributed by atoms with van der Waals surface area (Å²) < 4.78 is 22.8. The van der Waals surface area contributed by atoms with Gasteiger partial charge in [-0.2, -0.15) is 0 Å². The lowest BCUT2D eigenvalue weighted by Crippen LogP contribution is -1.98. The maximum atomic E-state index is 14.2. The first kappa shape index (κ1) is 18.6. The van der Waals surface area contributed by atoms with Crippen LogP contribution in [-0.4, -0.2) is 4.98 Å². The normalized spacial score (nSPS) is 10.7. The minimum absolute atomic E-state index is 0.194. The summed E-state index contributed by atoms with van der Waals surface area (Å²) >= 11 is 20.5. The zero-order valence-corrected chi connectivity index (χ0v) is 16.3. The Kier molecular flexibility index (Phi) is 6.30. The number of nitrogens with one attached hydrogen (secondary N) is 1. The van der Waals surface area contributed by atoms with E-state index in [1.807, 2.05) is 5.38 Å². The van der Waals surface area contributed by atoms with E-state index in [9.17, 15) is 4.39 Å². The quantitative estimate of drug-likeness (QED) is 0.425. The van der Waals surface area contributed by atoms with Crippen LogP contribution < -0.4 is 9.46 Å². The molecule has 1 heterocycles. The van der Waals surface area contributed by atoms with Gasteiger partial charge in [0.25, 0.3) is 0 Å². The molecule has 0 unspecified atom stereocenters. The van der Waals surface area contributed by atoms with Gasteiger partial charge in [0.15, 0.2) is 5.13 Å². The van der Waals surface area contributed by atoms with E-state index in [1.54, 1.807) is 24.4 Å². The molecular formula is C16H10Cl3FN2OS2. The van der Waals surface area contributed by atoms with Gasteiger partial charge < -0.3 is 9.46 Å². The van der Waals surface area contributed by atoms with Gasteiger partial charge in [-0.15, -0.1) is 11.3 Å². The van der Waals surface area contributed by atoms with Crippen molar-refractivity contribution in [2.45, 2.75) is 11.5 Å². The summed E-state index contributed by atoms with van der Waals surface area (Å²) in [6.45, 7) is 0.194. The van der Waals surface area contributed by atoms with Gasteiger partial charge in [-0.25, -0.2) is 9.37 Å². The molecule has 0 saturated carbocycles. The first-order chi connectivity index (χ1) is 12.0. The van der Waals surface area contributed by atoms with Crippen molar-refractivity contribution in [3.8, 4) is 5.75 Å². The molecule has 0 amide bonds. The first-order valence-electron chi connectivity index (χ1n) is 6.91. The van der Waals surface area contributed by atoms with Crippen LogP contribution in [-0.2, 0) is 6.61 Å². The first-order valence-corrected chi connectivity index (χ1v) is 9.74. The zero-order chi connectivity index (χ0) is 17.8. The number of ether oxygens (including phenoxy) is 1. The Balaban J connectivity index is 1.67. The molecule has 0 radical (unpaired) electrons. The number of aromatic nitrogens is 1. The highest BCUT2D eigenvalue weighted by Gasteiger charge is 2.12. The molecule has 0 bridgehead atoms. The van der Waals surface area contributed by atoms with Gasteiger partial charge in [-0.3, -0.25) is 0 Å². The highest BCUT2D eigenvalue weighted by Crippen LogP contribution is 2.34. The summed E-state index contributed by atoms with van der Waals surface area (Å²) in [7, 11) is 0. The van der Waals surface area contributed by atoms with E-state index in [-0.39, 0.29) is 12.4 Å². The molecule has 0 aliphatic heterocycles. The Bertz CT molecular complexity index is 878. The zero-order valence-electron chi connectivity index (χ0n) is 12.4. The second-order valence-corrected chi connectivity index (χ2v) is 7.76. The molecule has 2 aromatic carbocycles. The van der Waals surface area contributed by atoms with E-state index in [0.717, 1.165) is 17.5 Å². The number of benzene rings is 2. The average molecular weight is 436 g/mol. The van der Waals surface area contributed by atoms with Crippen LogP contribution in [0, 0.1) is 5.82 Å². The molecule has 0 saturated heterocycles. The monoisotopic (exact) mass is 434 g/mol. The van der Waals surface area contributed by atoms with Crippen LogP contribution in [0.3, 0.4) is 0 Å². The molecule has 0 atom stereocenters. The molecule has 130 valence electrons. The molecule has 0 aliphatic carbocycles. The number of hydrogen-bond donors (Lipinski definition) is 1. The Labute approximate surface area is 167 Å². The Morgan fingerprint density at radius 3 is 2.68 bits per heavy atom. The van der Waals surface area contributed by atoms with E-state index >= 15 is 0 Å². The van der Waals surface area contributed by atoms with Gasteiger partial charge in [-0.1, -0.05) is 40.9 Å². The molecule has 3 nitrogen and oxygen atoms in total. The molecule has 0 aliphatic rings. The Morgan fingerprint density at radius 1 is 1.12 bits per heavy atom. The second kappa shape index (κ2) is 8.47. The van der Waals surface area contributed by atoms with E-state index in [1.165, 1.54) is 23.5 Å². The number of anilines is 1. The molecule has 3 aromatic rings. The summed E-state index contributed by atoms with van der Waals surface area (Å²) in [5.74, 6) is -0.188. The van der Waals surface area contributed by atoms with Crippen molar-refractivity contribution < 1.29 is 9.13 Å². The molecule has 25 heavy (non-hydrogen) atoms. The third kappa shape index (κ3) is 4.92. The van der Waals surface area contributed by atoms with E-state index < -0.39 is 5.82 Å². The third-order valence-corrected chi connectivity index (χ3v) is 5.73. The molecule has 0 fully saturated rings. The fraction of sp³-hybridized carbons (Fsp3) is 0.0625. The fourth-order valence-corrected chi connectivity index (χ4v) is 3.74. The van der Waals surface area contributed by atoms with Crippen molar-refractivity contribution in [2.75, 3.05) is 4.72 Å². The predicted octanol–water partition coefficient (Wildman–Crippen LogP) is 6.94. The van der Waals surface area contributed by atoms with Gasteiger partial charge in [0.1, 0.15) is 18.2 Å². The molecule has 9 heteroatoms. The smallest absolute Gasteiger partial charge is 0.192 e. The predicted molar refractivity (Wildman–Crippen MR) is 104 cm³/mol. The van der Waals surface area contributed by atoms with Crippen molar-refractivity contribution >= 4 is 63.2 Å². The lowest BCUT2D eigenvalue weighted by Gasteiger charge is -2.11. The van der Waals surface area contributed by atoms with Gasteiger partial charge in [0.05, 0.1) is 20.0 Å². The topological polar surface area (TPSA) is 34.1 Å². The second-order valence-electron chi connectivity index (χ2n) is 4.79. The number of nitrogens with zero attached hydrogens (tertiary/aromatic N) is 1. The number of rotatable bonds is 6. The third-order valence-electron chi connectivity index (χ3n) is 3.05. The van der Waals surface area contributed by atoms with E-state index in [0.29, 0.717) is 25.1 Å². The lowest BCUT2D eigenvalue weighted by atomic mass is 10.2. The minimum Gasteiger partial charge on any atom is -0.487 e. The van der Waals surface area contributed by atoms with Gasteiger partial charge in [-0.05, 0) is 35.7 Å². The van der Waals surface area contributed by atoms with Crippen molar-refractivity contribution in [2.24, 2.45) is 0 Å². The standard InChI is InChI=1S/C16H10Cl3FN2OS2/c17-10-2-1-9(5-11(10)18)8-23-14-7-13(20)15(6-12(14)19)25-22-16-21-3-4-24-16/h1-7H,8H2,(H,21,22). The molecule has 0 spiro atoms. The minimum atomic E-state index is -0.442. The van der Waals surface area contributed by atoms with E-state index in [2.05, 4.69) is 9.71 Å². The highest BCUT2D eigenvalue weighted by atomic mass is 35.5. The number of hydrogen-bond acceptors (Lipinski definition) is 5. The summed E-state index contributed by atoms with van der Waals surface area (Å²) in [5, 5.41) is 3.71. The van der Waals surface area contributed by atoms with Crippen LogP contribution in [0.5, 0.6) is 5.75 Å². The summed E-state index contributed by atoms with van der Waals surface area (Å²) in [4.78, 5) is 4.41. The largest absolute Gasteiger partial charge is 0.487 e. The van der Waals surface area contributed by atoms with Crippen LogP contribution in [0.4, 0.5) is 9.52 Å². The van der Waals surface area contributed by atoms with Crippen LogP contribution >= 0.6 is 58.1 Å². The maximum Gasteiger partial charge on any atom is 0.192 e. The molecular weight excluding hydrogens is 426 g/mol. The lowest BCUT2D eigenvalue weighted by molar-refractivity contribution is 0.304. The molecule has 1 aromatic heterocycles. The number of thiazole rings is 1. The Hall–Kier alpha value is -1.18. The summed E-state index contributed by atoms with van der Waals surface area (Å²) in [5.41, 5.74) is 0.801. The van der Waals surface area contributed by atoms with Gasteiger partial charge in [0, 0.05) is 17.6 Å². The average Bonchev–Trinajstić information content (AvgIpc) is 3.10. The van der Waals surface area contributed by atoms with Crippen molar-refractivity contribution in [3.05, 3.63) is 68.4 Å². The van der Waals surface area contributed by atoms with Crippen LogP contribution in [0.15, 0.2) is 46.8 Å². The molecule has 1 N–H and O–H groups in total. The highest BCUT2D eigenvalue weighted by molar-refractivity contribution is 8.00. The molecule has 3 rings (SSSR count). The SMILES string of the molecule is Fc1cc(OCc2ccc(Cl)c(Cl)c2)c(Cl)cc1SNc1nccs1. The van der Waals surface area contributed by atoms with Crippen molar-refractivity contribution in [3.63, 3.8) is 0 Å². The van der Waals surface area contributed by atoms with Crippen LogP contribution in [0.2, 0.25) is 15.1 Å². The number of halogens is 4. The van der Waals surface area contributed by atoms with Crippen LogP contribution in [0.1, 0.15) is 5.56 Å². The summed E-state index contributed by atoms with van der Waals surface area (Å²) in [6, 6.07) is 7.91. The van der Waals surface area contributed by atoms with Crippen molar-refractivity contribution in [1.29, 1.82) is 0 Å². The van der Waals surface area contributed by atoms with Crippen molar-refractivity contribution in [1.82, 2.24) is 4.98 Å². The van der Waals surface area contributed by atoms with Gasteiger partial charge in [0.2, 0.25) is 0 Å². The maximum absolute atomic E-state index is 14.2. The van der Waals surface area contributed by atoms with E-state index in [4.69, 9.17) is 39.5 Å². The van der Waals surface area contributed by atoms with Crippen LogP contribution in [0.25, 0.3) is 0 Å². The Morgan fingerprint density at radius 2 is 1.96 bits per heavy atom. The van der Waals surface area contributed by atoms with Gasteiger partial charge >= 0.3 is 0 Å². The summed E-state index contributed by atoms with van der Waals surface area (Å²) in [6.07, 6.45) is 1.66.